The van der Waals surface area contributed by atoms with Crippen molar-refractivity contribution in [3.63, 3.8) is 0 Å². The Balaban J connectivity index is 2.85. The molecule has 0 radical (unpaired) electrons. The highest BCUT2D eigenvalue weighted by Crippen LogP contribution is 2.07. The second-order valence-electron chi connectivity index (χ2n) is 3.63. The monoisotopic (exact) mass is 256 g/mol. The number of hydrogen-bond acceptors (Lipinski definition) is 4. The van der Waals surface area contributed by atoms with Crippen molar-refractivity contribution < 1.29 is 8.42 Å². The molecule has 1 unspecified atom stereocenters. The van der Waals surface area contributed by atoms with Crippen LogP contribution in [0.4, 0.5) is 0 Å². The Bertz CT molecular complexity index is 501. The highest BCUT2D eigenvalue weighted by atomic mass is 32.2. The van der Waals surface area contributed by atoms with Crippen LogP contribution >= 0.6 is 0 Å². The lowest BCUT2D eigenvalue weighted by atomic mass is 10.2. The predicted octanol–water partition coefficient (Wildman–Crippen LogP) is 0.874. The summed E-state index contributed by atoms with van der Waals surface area (Å²) in [4.78, 5) is 3.81. The van der Waals surface area contributed by atoms with Crippen molar-refractivity contribution in [1.29, 1.82) is 5.26 Å². The van der Waals surface area contributed by atoms with Gasteiger partial charge in [0, 0.05) is 12.7 Å². The average molecular weight is 256 g/mol. The van der Waals surface area contributed by atoms with Crippen molar-refractivity contribution in [3.8, 4) is 6.07 Å². The Morgan fingerprint density at radius 1 is 1.59 bits per heavy atom. The number of nitrogens with one attached hydrogen (secondary N) is 1. The molecule has 17 heavy (non-hydrogen) atoms. The number of nitrogens with zero attached hydrogens (tertiary/aromatic N) is 3. The first-order valence-electron chi connectivity index (χ1n) is 5.47. The van der Waals surface area contributed by atoms with Gasteiger partial charge < -0.3 is 4.57 Å². The minimum absolute atomic E-state index is 0.0456. The van der Waals surface area contributed by atoms with Gasteiger partial charge in [0.05, 0.1) is 12.4 Å². The highest BCUT2D eigenvalue weighted by molar-refractivity contribution is 7.89. The summed E-state index contributed by atoms with van der Waals surface area (Å²) >= 11 is 0. The van der Waals surface area contributed by atoms with E-state index in [1.807, 2.05) is 19.9 Å². The molecule has 0 aliphatic carbocycles. The number of hydrogen-bond donors (Lipinski definition) is 1. The Hall–Kier alpha value is -1.39. The van der Waals surface area contributed by atoms with Gasteiger partial charge in [-0.25, -0.2) is 13.4 Å². The van der Waals surface area contributed by atoms with Gasteiger partial charge in [0.25, 0.3) is 10.0 Å². The molecule has 0 aliphatic heterocycles. The Labute approximate surface area is 101 Å². The average Bonchev–Trinajstić information content (AvgIpc) is 2.77. The lowest BCUT2D eigenvalue weighted by molar-refractivity contribution is 0.559. The highest BCUT2D eigenvalue weighted by Gasteiger charge is 2.21. The molecule has 1 N–H and O–H groups in total. The fraction of sp³-hybridized carbons (Fsp3) is 0.600. The first-order chi connectivity index (χ1) is 8.03. The molecule has 94 valence electrons. The first kappa shape index (κ1) is 13.7. The van der Waals surface area contributed by atoms with Gasteiger partial charge >= 0.3 is 0 Å². The van der Waals surface area contributed by atoms with Gasteiger partial charge in [0.2, 0.25) is 0 Å². The summed E-state index contributed by atoms with van der Waals surface area (Å²) in [6.45, 7) is 4.43. The third-order valence-corrected chi connectivity index (χ3v) is 3.64. The summed E-state index contributed by atoms with van der Waals surface area (Å²) in [6, 6.07) is 1.23. The topological polar surface area (TPSA) is 87.8 Å². The Kier molecular flexibility index (Phi) is 4.66. The van der Waals surface area contributed by atoms with Crippen molar-refractivity contribution in [2.45, 2.75) is 44.3 Å². The van der Waals surface area contributed by atoms with Crippen LogP contribution in [0, 0.1) is 11.3 Å². The van der Waals surface area contributed by atoms with Crippen LogP contribution in [0.3, 0.4) is 0 Å². The molecule has 0 spiro atoms. The largest absolute Gasteiger partial charge is 0.336 e. The van der Waals surface area contributed by atoms with Crippen molar-refractivity contribution in [3.05, 3.63) is 12.5 Å². The SMILES string of the molecule is CCCC(C#N)NS(=O)(=O)c1cn(CC)cn1. The minimum Gasteiger partial charge on any atom is -0.336 e. The molecule has 0 amide bonds. The maximum Gasteiger partial charge on any atom is 0.260 e. The van der Waals surface area contributed by atoms with E-state index < -0.39 is 16.1 Å². The van der Waals surface area contributed by atoms with Crippen LogP contribution in [0.15, 0.2) is 17.6 Å². The van der Waals surface area contributed by atoms with Crippen LogP contribution in [0.5, 0.6) is 0 Å². The number of rotatable bonds is 6. The predicted molar refractivity (Wildman–Crippen MR) is 62.5 cm³/mol. The van der Waals surface area contributed by atoms with Gasteiger partial charge in [-0.05, 0) is 13.3 Å². The number of aromatic nitrogens is 2. The molecular formula is C10H16N4O2S. The first-order valence-corrected chi connectivity index (χ1v) is 6.95. The summed E-state index contributed by atoms with van der Waals surface area (Å²) in [5.74, 6) is 0. The van der Waals surface area contributed by atoms with Crippen LogP contribution in [-0.2, 0) is 16.6 Å². The third kappa shape index (κ3) is 3.54. The van der Waals surface area contributed by atoms with Crippen LogP contribution in [0.2, 0.25) is 0 Å². The summed E-state index contributed by atoms with van der Waals surface area (Å²) < 4.78 is 27.7. The second-order valence-corrected chi connectivity index (χ2v) is 5.29. The van der Waals surface area contributed by atoms with E-state index in [9.17, 15) is 8.42 Å². The number of nitriles is 1. The van der Waals surface area contributed by atoms with E-state index in [1.165, 1.54) is 12.5 Å². The zero-order valence-corrected chi connectivity index (χ0v) is 10.7. The van der Waals surface area contributed by atoms with Crippen LogP contribution in [0.1, 0.15) is 26.7 Å². The molecule has 6 nitrogen and oxygen atoms in total. The molecule has 0 saturated heterocycles. The molecule has 0 aromatic carbocycles. The molecule has 0 saturated carbocycles. The number of imidazole rings is 1. The molecule has 0 aliphatic rings. The summed E-state index contributed by atoms with van der Waals surface area (Å²) in [5, 5.41) is 8.77. The summed E-state index contributed by atoms with van der Waals surface area (Å²) in [6.07, 6.45) is 4.13. The number of aryl methyl sites for hydroxylation is 1. The van der Waals surface area contributed by atoms with Crippen LogP contribution < -0.4 is 4.72 Å². The minimum atomic E-state index is -3.69. The summed E-state index contributed by atoms with van der Waals surface area (Å²) in [7, 11) is -3.69. The summed E-state index contributed by atoms with van der Waals surface area (Å²) in [5.41, 5.74) is 0. The Morgan fingerprint density at radius 2 is 2.29 bits per heavy atom. The van der Waals surface area contributed by atoms with Gasteiger partial charge in [-0.1, -0.05) is 13.3 Å². The van der Waals surface area contributed by atoms with E-state index in [0.29, 0.717) is 13.0 Å². The Morgan fingerprint density at radius 3 is 2.76 bits per heavy atom. The quantitative estimate of drug-likeness (QED) is 0.818. The molecule has 7 heteroatoms. The van der Waals surface area contributed by atoms with Crippen molar-refractivity contribution in [2.24, 2.45) is 0 Å². The van der Waals surface area contributed by atoms with E-state index in [1.54, 1.807) is 4.57 Å². The van der Waals surface area contributed by atoms with Gasteiger partial charge in [-0.15, -0.1) is 0 Å². The number of sulfonamides is 1. The van der Waals surface area contributed by atoms with Crippen molar-refractivity contribution >= 4 is 10.0 Å². The van der Waals surface area contributed by atoms with E-state index in [4.69, 9.17) is 5.26 Å². The second kappa shape index (κ2) is 5.80. The maximum atomic E-state index is 11.9. The van der Waals surface area contributed by atoms with E-state index in [2.05, 4.69) is 9.71 Å². The van der Waals surface area contributed by atoms with Gasteiger partial charge in [0.1, 0.15) is 6.04 Å². The zero-order valence-electron chi connectivity index (χ0n) is 9.92. The molecule has 1 aromatic heterocycles. The van der Waals surface area contributed by atoms with Crippen LogP contribution in [0.25, 0.3) is 0 Å². The fourth-order valence-electron chi connectivity index (χ4n) is 1.34. The van der Waals surface area contributed by atoms with E-state index in [-0.39, 0.29) is 5.03 Å². The standard InChI is InChI=1S/C10H16N4O2S/c1-3-5-9(6-11)13-17(15,16)10-7-14(4-2)8-12-10/h7-9,13H,3-5H2,1-2H3. The molecule has 1 aromatic rings. The van der Waals surface area contributed by atoms with Crippen molar-refractivity contribution in [2.75, 3.05) is 0 Å². The molecular weight excluding hydrogens is 240 g/mol. The molecule has 0 bridgehead atoms. The smallest absolute Gasteiger partial charge is 0.260 e. The fourth-order valence-corrected chi connectivity index (χ4v) is 2.46. The zero-order chi connectivity index (χ0) is 12.9. The lowest BCUT2D eigenvalue weighted by Gasteiger charge is -2.08. The lowest BCUT2D eigenvalue weighted by Crippen LogP contribution is -2.33. The van der Waals surface area contributed by atoms with Crippen molar-refractivity contribution in [1.82, 2.24) is 14.3 Å². The molecule has 1 rings (SSSR count). The van der Waals surface area contributed by atoms with Crippen LogP contribution in [-0.4, -0.2) is 24.0 Å². The van der Waals surface area contributed by atoms with Gasteiger partial charge in [-0.2, -0.15) is 9.98 Å². The molecule has 0 fully saturated rings. The van der Waals surface area contributed by atoms with Gasteiger partial charge in [0.15, 0.2) is 5.03 Å². The van der Waals surface area contributed by atoms with Gasteiger partial charge in [-0.3, -0.25) is 0 Å². The molecule has 1 atom stereocenters. The van der Waals surface area contributed by atoms with E-state index in [0.717, 1.165) is 6.42 Å². The normalized spacial score (nSPS) is 13.2. The van der Waals surface area contributed by atoms with E-state index >= 15 is 0 Å². The third-order valence-electron chi connectivity index (χ3n) is 2.28. The maximum absolute atomic E-state index is 11.9. The molecule has 1 heterocycles.